The Kier molecular flexibility index (Phi) is 6.84. The van der Waals surface area contributed by atoms with Crippen LogP contribution in [0.1, 0.15) is 46.5 Å². The number of hydrogen-bond acceptors (Lipinski definition) is 3. The molecular formula is C14H26N2O3. The quantitative estimate of drug-likeness (QED) is 0.792. The average Bonchev–Trinajstić information content (AvgIpc) is 2.44. The molecule has 0 aromatic carbocycles. The third kappa shape index (κ3) is 5.59. The van der Waals surface area contributed by atoms with Gasteiger partial charge in [-0.1, -0.05) is 6.92 Å². The highest BCUT2D eigenvalue weighted by molar-refractivity contribution is 5.87. The second kappa shape index (κ2) is 8.15. The SMILES string of the molecule is CC[C@@H](C)OCC(=O)N[C@@H](C)C(=O)N1CCCCC1. The molecule has 2 atom stereocenters. The minimum absolute atomic E-state index is 0.0107. The average molecular weight is 270 g/mol. The summed E-state index contributed by atoms with van der Waals surface area (Å²) in [5, 5.41) is 2.70. The minimum atomic E-state index is -0.467. The maximum atomic E-state index is 12.1. The third-order valence-corrected chi connectivity index (χ3v) is 3.49. The van der Waals surface area contributed by atoms with Crippen molar-refractivity contribution in [2.75, 3.05) is 19.7 Å². The highest BCUT2D eigenvalue weighted by Gasteiger charge is 2.23. The van der Waals surface area contributed by atoms with Crippen LogP contribution >= 0.6 is 0 Å². The van der Waals surface area contributed by atoms with Crippen LogP contribution in [0.5, 0.6) is 0 Å². The zero-order valence-corrected chi connectivity index (χ0v) is 12.3. The zero-order chi connectivity index (χ0) is 14.3. The van der Waals surface area contributed by atoms with Crippen LogP contribution in [0.25, 0.3) is 0 Å². The van der Waals surface area contributed by atoms with E-state index in [4.69, 9.17) is 4.74 Å². The van der Waals surface area contributed by atoms with Crippen molar-refractivity contribution in [1.29, 1.82) is 0 Å². The van der Waals surface area contributed by atoms with Gasteiger partial charge in [0, 0.05) is 13.1 Å². The molecule has 0 aromatic rings. The molecule has 1 aliphatic heterocycles. The van der Waals surface area contributed by atoms with Crippen LogP contribution in [-0.4, -0.2) is 48.6 Å². The van der Waals surface area contributed by atoms with Gasteiger partial charge < -0.3 is 15.0 Å². The molecule has 1 heterocycles. The number of carbonyl (C=O) groups excluding carboxylic acids is 2. The summed E-state index contributed by atoms with van der Waals surface area (Å²) in [5.74, 6) is -0.213. The van der Waals surface area contributed by atoms with Gasteiger partial charge in [-0.3, -0.25) is 9.59 Å². The lowest BCUT2D eigenvalue weighted by Gasteiger charge is -2.29. The first kappa shape index (κ1) is 16.0. The molecule has 5 nitrogen and oxygen atoms in total. The molecule has 1 fully saturated rings. The molecule has 1 rings (SSSR count). The normalized spacial score (nSPS) is 18.8. The number of likely N-dealkylation sites (tertiary alicyclic amines) is 1. The van der Waals surface area contributed by atoms with E-state index >= 15 is 0 Å². The second-order valence-electron chi connectivity index (χ2n) is 5.21. The molecule has 0 aromatic heterocycles. The lowest BCUT2D eigenvalue weighted by Crippen LogP contribution is -2.49. The van der Waals surface area contributed by atoms with Crippen molar-refractivity contribution in [3.63, 3.8) is 0 Å². The topological polar surface area (TPSA) is 58.6 Å². The van der Waals surface area contributed by atoms with Gasteiger partial charge in [0.05, 0.1) is 6.10 Å². The zero-order valence-electron chi connectivity index (χ0n) is 12.3. The van der Waals surface area contributed by atoms with E-state index in [0.29, 0.717) is 0 Å². The van der Waals surface area contributed by atoms with E-state index in [1.54, 1.807) is 6.92 Å². The highest BCUT2D eigenvalue weighted by Crippen LogP contribution is 2.09. The molecular weight excluding hydrogens is 244 g/mol. The van der Waals surface area contributed by atoms with Crippen molar-refractivity contribution in [1.82, 2.24) is 10.2 Å². The number of carbonyl (C=O) groups is 2. The smallest absolute Gasteiger partial charge is 0.246 e. The number of ether oxygens (including phenoxy) is 1. The summed E-state index contributed by atoms with van der Waals surface area (Å²) in [6.45, 7) is 7.30. The lowest BCUT2D eigenvalue weighted by atomic mass is 10.1. The molecule has 19 heavy (non-hydrogen) atoms. The van der Waals surface area contributed by atoms with Gasteiger partial charge in [0.2, 0.25) is 11.8 Å². The summed E-state index contributed by atoms with van der Waals surface area (Å²) >= 11 is 0. The lowest BCUT2D eigenvalue weighted by molar-refractivity contribution is -0.138. The van der Waals surface area contributed by atoms with Crippen molar-refractivity contribution in [2.45, 2.75) is 58.6 Å². The van der Waals surface area contributed by atoms with Crippen LogP contribution < -0.4 is 5.32 Å². The largest absolute Gasteiger partial charge is 0.369 e. The fraction of sp³-hybridized carbons (Fsp3) is 0.857. The van der Waals surface area contributed by atoms with Crippen LogP contribution in [-0.2, 0) is 14.3 Å². The van der Waals surface area contributed by atoms with Crippen molar-refractivity contribution in [2.24, 2.45) is 0 Å². The van der Waals surface area contributed by atoms with Crippen molar-refractivity contribution < 1.29 is 14.3 Å². The van der Waals surface area contributed by atoms with E-state index in [1.165, 1.54) is 6.42 Å². The van der Waals surface area contributed by atoms with Gasteiger partial charge in [-0.2, -0.15) is 0 Å². The molecule has 1 aliphatic rings. The third-order valence-electron chi connectivity index (χ3n) is 3.49. The maximum absolute atomic E-state index is 12.1. The Bertz CT molecular complexity index is 301. The van der Waals surface area contributed by atoms with Crippen molar-refractivity contribution in [3.8, 4) is 0 Å². The summed E-state index contributed by atoms with van der Waals surface area (Å²) < 4.78 is 5.34. The number of nitrogens with zero attached hydrogens (tertiary/aromatic N) is 1. The van der Waals surface area contributed by atoms with Crippen LogP contribution in [0.4, 0.5) is 0 Å². The molecule has 0 unspecified atom stereocenters. The number of rotatable bonds is 6. The van der Waals surface area contributed by atoms with E-state index in [2.05, 4.69) is 5.32 Å². The monoisotopic (exact) mass is 270 g/mol. The number of nitrogens with one attached hydrogen (secondary N) is 1. The van der Waals surface area contributed by atoms with E-state index in [1.807, 2.05) is 18.7 Å². The molecule has 0 saturated carbocycles. The predicted molar refractivity (Wildman–Crippen MR) is 73.7 cm³/mol. The molecule has 0 bridgehead atoms. The Balaban J connectivity index is 2.30. The van der Waals surface area contributed by atoms with E-state index < -0.39 is 6.04 Å². The van der Waals surface area contributed by atoms with Crippen LogP contribution in [0.3, 0.4) is 0 Å². The van der Waals surface area contributed by atoms with Crippen LogP contribution in [0.2, 0.25) is 0 Å². The molecule has 5 heteroatoms. The Labute approximate surface area is 115 Å². The molecule has 1 saturated heterocycles. The van der Waals surface area contributed by atoms with Gasteiger partial charge in [-0.15, -0.1) is 0 Å². The first-order valence-electron chi connectivity index (χ1n) is 7.24. The maximum Gasteiger partial charge on any atom is 0.246 e. The van der Waals surface area contributed by atoms with Crippen molar-refractivity contribution >= 4 is 11.8 Å². The Morgan fingerprint density at radius 2 is 1.84 bits per heavy atom. The molecule has 1 N–H and O–H groups in total. The second-order valence-corrected chi connectivity index (χ2v) is 5.21. The summed E-state index contributed by atoms with van der Waals surface area (Å²) in [7, 11) is 0. The summed E-state index contributed by atoms with van der Waals surface area (Å²) in [4.78, 5) is 25.6. The standard InChI is InChI=1S/C14H26N2O3/c1-4-11(2)19-10-13(17)15-12(3)14(18)16-8-6-5-7-9-16/h11-12H,4-10H2,1-3H3,(H,15,17)/t11-,12+/m1/s1. The van der Waals surface area contributed by atoms with E-state index in [9.17, 15) is 9.59 Å². The van der Waals surface area contributed by atoms with E-state index in [0.717, 1.165) is 32.4 Å². The van der Waals surface area contributed by atoms with Crippen LogP contribution in [0, 0.1) is 0 Å². The van der Waals surface area contributed by atoms with Gasteiger partial charge in [0.1, 0.15) is 12.6 Å². The van der Waals surface area contributed by atoms with Gasteiger partial charge in [-0.05, 0) is 39.5 Å². The van der Waals surface area contributed by atoms with Gasteiger partial charge in [-0.25, -0.2) is 0 Å². The predicted octanol–water partition coefficient (Wildman–Crippen LogP) is 1.32. The Morgan fingerprint density at radius 1 is 1.21 bits per heavy atom. The van der Waals surface area contributed by atoms with Crippen LogP contribution in [0.15, 0.2) is 0 Å². The molecule has 0 radical (unpaired) electrons. The number of piperidine rings is 1. The first-order chi connectivity index (χ1) is 9.04. The molecule has 2 amide bonds. The molecule has 110 valence electrons. The van der Waals surface area contributed by atoms with E-state index in [-0.39, 0.29) is 24.5 Å². The molecule has 0 aliphatic carbocycles. The van der Waals surface area contributed by atoms with Gasteiger partial charge >= 0.3 is 0 Å². The summed E-state index contributed by atoms with van der Waals surface area (Å²) in [5.41, 5.74) is 0. The van der Waals surface area contributed by atoms with Gasteiger partial charge in [0.15, 0.2) is 0 Å². The fourth-order valence-electron chi connectivity index (χ4n) is 2.07. The Hall–Kier alpha value is -1.10. The summed E-state index contributed by atoms with van der Waals surface area (Å²) in [6, 6.07) is -0.467. The highest BCUT2D eigenvalue weighted by atomic mass is 16.5. The van der Waals surface area contributed by atoms with Crippen molar-refractivity contribution in [3.05, 3.63) is 0 Å². The fourth-order valence-corrected chi connectivity index (χ4v) is 2.07. The van der Waals surface area contributed by atoms with Gasteiger partial charge in [0.25, 0.3) is 0 Å². The first-order valence-corrected chi connectivity index (χ1v) is 7.24. The number of amides is 2. The summed E-state index contributed by atoms with van der Waals surface area (Å²) in [6.07, 6.45) is 4.24. The Morgan fingerprint density at radius 3 is 2.42 bits per heavy atom. The minimum Gasteiger partial charge on any atom is -0.369 e. The number of hydrogen-bond donors (Lipinski definition) is 1. The molecule has 0 spiro atoms.